The minimum atomic E-state index is 0.374. The molecule has 1 aromatic carbocycles. The van der Waals surface area contributed by atoms with E-state index in [-0.39, 0.29) is 0 Å². The fraction of sp³-hybridized carbons (Fsp3) is 0.500. The second kappa shape index (κ2) is 6.71. The molecule has 0 unspecified atom stereocenters. The third kappa shape index (κ3) is 3.68. The molecule has 96 valence electrons. The number of hydrogen-bond acceptors (Lipinski definition) is 1. The van der Waals surface area contributed by atoms with Gasteiger partial charge < -0.3 is 4.74 Å². The monoisotopic (exact) mass is 262 g/mol. The van der Waals surface area contributed by atoms with Crippen LogP contribution >= 0.6 is 11.6 Å². The molecule has 0 amide bonds. The maximum atomic E-state index is 5.91. The third-order valence-corrected chi connectivity index (χ3v) is 3.56. The number of ether oxygens (including phenoxy) is 1. The number of halogens is 1. The summed E-state index contributed by atoms with van der Waals surface area (Å²) in [5.41, 5.74) is 2.15. The molecule has 1 aliphatic carbocycles. The molecule has 1 aromatic rings. The van der Waals surface area contributed by atoms with Crippen molar-refractivity contribution in [3.05, 3.63) is 29.3 Å². The van der Waals surface area contributed by atoms with Crippen LogP contribution in [0.5, 0.6) is 5.75 Å². The molecule has 1 aliphatic rings. The van der Waals surface area contributed by atoms with Crippen molar-refractivity contribution in [1.29, 1.82) is 0 Å². The van der Waals surface area contributed by atoms with Crippen LogP contribution in [0.15, 0.2) is 18.2 Å². The van der Waals surface area contributed by atoms with Gasteiger partial charge in [0.25, 0.3) is 0 Å². The Bertz CT molecular complexity index is 450. The number of rotatable bonds is 3. The molecule has 0 heterocycles. The summed E-state index contributed by atoms with van der Waals surface area (Å²) >= 11 is 5.55. The lowest BCUT2D eigenvalue weighted by Crippen LogP contribution is -2.08. The van der Waals surface area contributed by atoms with Crippen LogP contribution in [0.25, 0.3) is 0 Å². The van der Waals surface area contributed by atoms with Gasteiger partial charge in [0, 0.05) is 5.56 Å². The van der Waals surface area contributed by atoms with E-state index < -0.39 is 0 Å². The summed E-state index contributed by atoms with van der Waals surface area (Å²) in [6.07, 6.45) is 5.36. The zero-order valence-electron chi connectivity index (χ0n) is 10.8. The van der Waals surface area contributed by atoms with Crippen LogP contribution in [0.4, 0.5) is 0 Å². The molecular weight excluding hydrogens is 244 g/mol. The maximum absolute atomic E-state index is 5.91. The van der Waals surface area contributed by atoms with E-state index in [1.807, 2.05) is 12.1 Å². The largest absolute Gasteiger partial charge is 0.493 e. The van der Waals surface area contributed by atoms with E-state index in [2.05, 4.69) is 24.8 Å². The van der Waals surface area contributed by atoms with Gasteiger partial charge in [0.1, 0.15) is 5.75 Å². The Hall–Kier alpha value is -1.13. The highest BCUT2D eigenvalue weighted by Crippen LogP contribution is 2.26. The first-order valence-electron chi connectivity index (χ1n) is 6.58. The summed E-state index contributed by atoms with van der Waals surface area (Å²) in [7, 11) is 0. The fourth-order valence-electron chi connectivity index (χ4n) is 2.41. The molecule has 0 spiro atoms. The number of alkyl halides is 1. The Kier molecular flexibility index (Phi) is 4.96. The lowest BCUT2D eigenvalue weighted by atomic mass is 10.1. The van der Waals surface area contributed by atoms with Crippen molar-refractivity contribution < 1.29 is 4.74 Å². The van der Waals surface area contributed by atoms with Crippen LogP contribution in [-0.2, 0) is 0 Å². The van der Waals surface area contributed by atoms with Gasteiger partial charge in [-0.15, -0.1) is 11.6 Å². The second-order valence-corrected chi connectivity index (χ2v) is 5.14. The quantitative estimate of drug-likeness (QED) is 0.587. The van der Waals surface area contributed by atoms with Crippen molar-refractivity contribution in [1.82, 2.24) is 0 Å². The molecule has 18 heavy (non-hydrogen) atoms. The topological polar surface area (TPSA) is 9.23 Å². The normalized spacial score (nSPS) is 15.2. The SMILES string of the molecule is Cc1cc(C#CCCl)ccc1OCC1CCCC1. The molecule has 2 heteroatoms. The standard InChI is InChI=1S/C16H19ClO/c1-13-11-14(7-4-10-17)8-9-16(13)18-12-15-5-2-3-6-15/h8-9,11,15H,2-3,5-6,10,12H2,1H3. The molecule has 2 rings (SSSR count). The fourth-order valence-corrected chi connectivity index (χ4v) is 2.48. The Balaban J connectivity index is 1.96. The van der Waals surface area contributed by atoms with Gasteiger partial charge in [0.05, 0.1) is 12.5 Å². The average molecular weight is 263 g/mol. The van der Waals surface area contributed by atoms with Gasteiger partial charge in [0.2, 0.25) is 0 Å². The summed E-state index contributed by atoms with van der Waals surface area (Å²) in [5, 5.41) is 0. The highest BCUT2D eigenvalue weighted by Gasteiger charge is 2.15. The summed E-state index contributed by atoms with van der Waals surface area (Å²) in [6, 6.07) is 6.07. The predicted octanol–water partition coefficient (Wildman–Crippen LogP) is 4.15. The van der Waals surface area contributed by atoms with Crippen LogP contribution in [0.2, 0.25) is 0 Å². The minimum absolute atomic E-state index is 0.374. The molecule has 1 fully saturated rings. The molecular formula is C16H19ClO. The van der Waals surface area contributed by atoms with E-state index >= 15 is 0 Å². The van der Waals surface area contributed by atoms with Gasteiger partial charge in [-0.1, -0.05) is 24.7 Å². The van der Waals surface area contributed by atoms with Crippen LogP contribution < -0.4 is 4.74 Å². The lowest BCUT2D eigenvalue weighted by molar-refractivity contribution is 0.250. The van der Waals surface area contributed by atoms with Gasteiger partial charge in [-0.2, -0.15) is 0 Å². The number of hydrogen-bond donors (Lipinski definition) is 0. The van der Waals surface area contributed by atoms with Crippen LogP contribution in [0.1, 0.15) is 36.8 Å². The molecule has 0 bridgehead atoms. The van der Waals surface area contributed by atoms with Crippen molar-refractivity contribution in [2.24, 2.45) is 5.92 Å². The van der Waals surface area contributed by atoms with E-state index in [9.17, 15) is 0 Å². The van der Waals surface area contributed by atoms with Gasteiger partial charge in [-0.25, -0.2) is 0 Å². The van der Waals surface area contributed by atoms with E-state index in [0.717, 1.165) is 29.4 Å². The molecule has 0 saturated heterocycles. The van der Waals surface area contributed by atoms with Crippen molar-refractivity contribution >= 4 is 11.6 Å². The van der Waals surface area contributed by atoms with Gasteiger partial charge in [-0.05, 0) is 49.4 Å². The van der Waals surface area contributed by atoms with E-state index in [4.69, 9.17) is 16.3 Å². The number of benzene rings is 1. The Morgan fingerprint density at radius 2 is 2.11 bits per heavy atom. The van der Waals surface area contributed by atoms with Crippen molar-refractivity contribution in [3.8, 4) is 17.6 Å². The van der Waals surface area contributed by atoms with Crippen LogP contribution in [-0.4, -0.2) is 12.5 Å². The smallest absolute Gasteiger partial charge is 0.122 e. The van der Waals surface area contributed by atoms with Gasteiger partial charge in [-0.3, -0.25) is 0 Å². The molecule has 1 nitrogen and oxygen atoms in total. The summed E-state index contributed by atoms with van der Waals surface area (Å²) in [6.45, 7) is 2.92. The molecule has 0 N–H and O–H groups in total. The molecule has 0 aliphatic heterocycles. The highest BCUT2D eigenvalue weighted by atomic mass is 35.5. The van der Waals surface area contributed by atoms with Crippen molar-refractivity contribution in [2.45, 2.75) is 32.6 Å². The Labute approximate surface area is 114 Å². The first-order chi connectivity index (χ1) is 8.79. The Morgan fingerprint density at radius 3 is 2.78 bits per heavy atom. The minimum Gasteiger partial charge on any atom is -0.493 e. The lowest BCUT2D eigenvalue weighted by Gasteiger charge is -2.13. The van der Waals surface area contributed by atoms with Gasteiger partial charge in [0.15, 0.2) is 0 Å². The maximum Gasteiger partial charge on any atom is 0.122 e. The molecule has 0 atom stereocenters. The van der Waals surface area contributed by atoms with Crippen LogP contribution in [0.3, 0.4) is 0 Å². The number of aryl methyl sites for hydroxylation is 1. The first-order valence-corrected chi connectivity index (χ1v) is 7.11. The zero-order valence-corrected chi connectivity index (χ0v) is 11.6. The van der Waals surface area contributed by atoms with E-state index in [1.165, 1.54) is 25.7 Å². The van der Waals surface area contributed by atoms with Gasteiger partial charge >= 0.3 is 0 Å². The predicted molar refractivity (Wildman–Crippen MR) is 76.2 cm³/mol. The zero-order chi connectivity index (χ0) is 12.8. The second-order valence-electron chi connectivity index (χ2n) is 4.88. The summed E-state index contributed by atoms with van der Waals surface area (Å²) in [4.78, 5) is 0. The highest BCUT2D eigenvalue weighted by molar-refractivity contribution is 6.19. The average Bonchev–Trinajstić information content (AvgIpc) is 2.88. The molecule has 0 radical (unpaired) electrons. The molecule has 0 aromatic heterocycles. The van der Waals surface area contributed by atoms with E-state index in [1.54, 1.807) is 0 Å². The van der Waals surface area contributed by atoms with Crippen molar-refractivity contribution in [2.75, 3.05) is 12.5 Å². The summed E-state index contributed by atoms with van der Waals surface area (Å²) < 4.78 is 5.91. The Morgan fingerprint density at radius 1 is 1.33 bits per heavy atom. The molecule has 1 saturated carbocycles. The first kappa shape index (κ1) is 13.3. The van der Waals surface area contributed by atoms with Crippen LogP contribution in [0, 0.1) is 24.7 Å². The third-order valence-electron chi connectivity index (χ3n) is 3.42. The van der Waals surface area contributed by atoms with Crippen molar-refractivity contribution in [3.63, 3.8) is 0 Å². The van der Waals surface area contributed by atoms with E-state index in [0.29, 0.717) is 5.88 Å². The summed E-state index contributed by atoms with van der Waals surface area (Å²) in [5.74, 6) is 7.99.